The van der Waals surface area contributed by atoms with Gasteiger partial charge in [0.05, 0.1) is 39.9 Å². The van der Waals surface area contributed by atoms with Crippen LogP contribution in [-0.4, -0.2) is 73.4 Å². The van der Waals surface area contributed by atoms with Crippen LogP contribution in [0.2, 0.25) is 0 Å². The zero-order valence-corrected chi connectivity index (χ0v) is 50.5. The number of hydrogen-bond donors (Lipinski definition) is 3. The zero-order chi connectivity index (χ0) is 53.5. The molecule has 0 saturated heterocycles. The summed E-state index contributed by atoms with van der Waals surface area (Å²) < 4.78 is 23.7. The first-order chi connectivity index (χ1) is 35.5. The van der Waals surface area contributed by atoms with E-state index in [1.165, 1.54) is 270 Å². The standard InChI is InChI=1S/C64H127N2O6P/c1-6-8-10-12-14-16-18-20-22-24-25-26-27-28-29-30-31-32-33-34-35-36-37-38-39-40-41-42-44-46-48-50-52-54-56-58-64(68)65-62(61-72-73(69,70)71-60-59-66(3,4)5)63(67)57-55-53-51-49-47-45-43-23-21-19-17-15-13-11-9-7-2/h47,49,55,57,62-63,67H,6-46,48,50-54,56,58-61H2,1-5H3,(H-,65,68,69,70)/p+1/b49-47+,57-55+. The Morgan fingerprint density at radius 2 is 0.753 bits per heavy atom. The third-order valence-electron chi connectivity index (χ3n) is 14.9. The van der Waals surface area contributed by atoms with Crippen molar-refractivity contribution in [2.24, 2.45) is 0 Å². The molecule has 3 atom stereocenters. The second-order valence-electron chi connectivity index (χ2n) is 23.5. The summed E-state index contributed by atoms with van der Waals surface area (Å²) in [7, 11) is 1.57. The van der Waals surface area contributed by atoms with E-state index in [0.717, 1.165) is 38.5 Å². The van der Waals surface area contributed by atoms with E-state index in [9.17, 15) is 19.4 Å². The topological polar surface area (TPSA) is 105 Å². The minimum atomic E-state index is -4.35. The number of aliphatic hydroxyl groups excluding tert-OH is 1. The lowest BCUT2D eigenvalue weighted by Gasteiger charge is -2.25. The van der Waals surface area contributed by atoms with Crippen LogP contribution in [0.1, 0.15) is 328 Å². The predicted molar refractivity (Wildman–Crippen MR) is 318 cm³/mol. The highest BCUT2D eigenvalue weighted by Crippen LogP contribution is 2.43. The molecule has 0 aromatic rings. The van der Waals surface area contributed by atoms with Gasteiger partial charge in [0.25, 0.3) is 0 Å². The van der Waals surface area contributed by atoms with E-state index < -0.39 is 20.0 Å². The molecule has 0 bridgehead atoms. The van der Waals surface area contributed by atoms with Gasteiger partial charge in [-0.1, -0.05) is 314 Å². The summed E-state index contributed by atoms with van der Waals surface area (Å²) in [5.74, 6) is -0.180. The van der Waals surface area contributed by atoms with Crippen LogP contribution in [0.4, 0.5) is 0 Å². The molecule has 3 N–H and O–H groups in total. The number of phosphoric acid groups is 1. The highest BCUT2D eigenvalue weighted by atomic mass is 31.2. The van der Waals surface area contributed by atoms with Gasteiger partial charge in [-0.3, -0.25) is 13.8 Å². The first kappa shape index (κ1) is 72.0. The number of allylic oxidation sites excluding steroid dienone is 3. The maximum absolute atomic E-state index is 13.0. The van der Waals surface area contributed by atoms with Crippen LogP contribution >= 0.6 is 7.82 Å². The summed E-state index contributed by atoms with van der Waals surface area (Å²) in [6, 6.07) is -0.860. The van der Waals surface area contributed by atoms with E-state index in [4.69, 9.17) is 9.05 Å². The number of quaternary nitrogens is 1. The van der Waals surface area contributed by atoms with Crippen LogP contribution < -0.4 is 5.32 Å². The van der Waals surface area contributed by atoms with Gasteiger partial charge in [0, 0.05) is 6.42 Å². The van der Waals surface area contributed by atoms with Crippen molar-refractivity contribution in [1.29, 1.82) is 0 Å². The summed E-state index contributed by atoms with van der Waals surface area (Å²) in [5.41, 5.74) is 0. The molecule has 1 amide bonds. The van der Waals surface area contributed by atoms with Gasteiger partial charge >= 0.3 is 7.82 Å². The smallest absolute Gasteiger partial charge is 0.387 e. The van der Waals surface area contributed by atoms with Gasteiger partial charge < -0.3 is 19.8 Å². The molecule has 0 spiro atoms. The number of aliphatic hydroxyl groups is 1. The molecule has 9 heteroatoms. The average Bonchev–Trinajstić information content (AvgIpc) is 3.35. The van der Waals surface area contributed by atoms with Crippen molar-refractivity contribution in [3.05, 3.63) is 24.3 Å². The Morgan fingerprint density at radius 3 is 1.10 bits per heavy atom. The summed E-state index contributed by atoms with van der Waals surface area (Å²) in [5, 5.41) is 13.9. The Hall–Kier alpha value is -1.02. The van der Waals surface area contributed by atoms with Crippen molar-refractivity contribution in [1.82, 2.24) is 5.32 Å². The monoisotopic (exact) mass is 1050 g/mol. The van der Waals surface area contributed by atoms with Gasteiger partial charge in [-0.2, -0.15) is 0 Å². The minimum absolute atomic E-state index is 0.0588. The number of amides is 1. The van der Waals surface area contributed by atoms with E-state index in [1.54, 1.807) is 6.08 Å². The van der Waals surface area contributed by atoms with Crippen LogP contribution in [0, 0.1) is 0 Å². The van der Waals surface area contributed by atoms with Gasteiger partial charge in [-0.15, -0.1) is 0 Å². The summed E-state index contributed by atoms with van der Waals surface area (Å²) in [6.07, 6.45) is 71.8. The zero-order valence-electron chi connectivity index (χ0n) is 49.7. The fraction of sp³-hybridized carbons (Fsp3) is 0.922. The number of hydrogen-bond acceptors (Lipinski definition) is 5. The highest BCUT2D eigenvalue weighted by Gasteiger charge is 2.27. The molecule has 0 fully saturated rings. The predicted octanol–water partition coefficient (Wildman–Crippen LogP) is 19.9. The molecule has 434 valence electrons. The quantitative estimate of drug-likeness (QED) is 0.0243. The van der Waals surface area contributed by atoms with Crippen LogP contribution in [-0.2, 0) is 18.4 Å². The summed E-state index contributed by atoms with van der Waals surface area (Å²) in [6.45, 7) is 4.84. The van der Waals surface area contributed by atoms with E-state index in [1.807, 2.05) is 27.2 Å². The second kappa shape index (κ2) is 55.7. The highest BCUT2D eigenvalue weighted by molar-refractivity contribution is 7.47. The van der Waals surface area contributed by atoms with Gasteiger partial charge in [0.2, 0.25) is 5.91 Å². The van der Waals surface area contributed by atoms with Crippen molar-refractivity contribution in [2.45, 2.75) is 341 Å². The third kappa shape index (κ3) is 58.5. The number of rotatable bonds is 60. The van der Waals surface area contributed by atoms with Crippen LogP contribution in [0.5, 0.6) is 0 Å². The van der Waals surface area contributed by atoms with Crippen molar-refractivity contribution >= 4 is 13.7 Å². The Kier molecular flexibility index (Phi) is 54.9. The molecular weight excluding hydrogens is 924 g/mol. The maximum atomic E-state index is 13.0. The largest absolute Gasteiger partial charge is 0.472 e. The molecule has 0 aromatic heterocycles. The maximum Gasteiger partial charge on any atom is 0.472 e. The normalized spacial score (nSPS) is 13.9. The molecule has 0 aliphatic rings. The summed E-state index contributed by atoms with van der Waals surface area (Å²) in [4.78, 5) is 23.3. The lowest BCUT2D eigenvalue weighted by atomic mass is 10.0. The number of nitrogens with zero attached hydrogens (tertiary/aromatic N) is 1. The van der Waals surface area contributed by atoms with Crippen molar-refractivity contribution < 1.29 is 32.9 Å². The van der Waals surface area contributed by atoms with Crippen molar-refractivity contribution in [2.75, 3.05) is 40.9 Å². The SMILES string of the molecule is CCCCCCCCCCCC/C=C/CC/C=C/C(O)C(COP(=O)(O)OCC[N+](C)(C)C)NC(=O)CCCCCCCCCCCCCCCCCCCCCCCCCCCCCCCCCCCCC. The number of likely N-dealkylation sites (N-methyl/N-ethyl adjacent to an activating group) is 1. The first-order valence-corrected chi connectivity index (χ1v) is 33.7. The number of nitrogens with one attached hydrogen (secondary N) is 1. The minimum Gasteiger partial charge on any atom is -0.387 e. The number of carbonyl (C=O) groups excluding carboxylic acids is 1. The summed E-state index contributed by atoms with van der Waals surface area (Å²) >= 11 is 0. The lowest BCUT2D eigenvalue weighted by molar-refractivity contribution is -0.870. The third-order valence-corrected chi connectivity index (χ3v) is 15.9. The Balaban J connectivity index is 3.96. The van der Waals surface area contributed by atoms with Gasteiger partial charge in [-0.25, -0.2) is 4.57 Å². The Labute approximate surface area is 455 Å². The molecule has 0 aromatic carbocycles. The Bertz CT molecular complexity index is 1240. The van der Waals surface area contributed by atoms with Crippen LogP contribution in [0.3, 0.4) is 0 Å². The molecule has 0 rings (SSSR count). The molecule has 0 heterocycles. The molecule has 0 radical (unpaired) electrons. The lowest BCUT2D eigenvalue weighted by Crippen LogP contribution is -2.45. The molecule has 0 saturated carbocycles. The van der Waals surface area contributed by atoms with E-state index >= 15 is 0 Å². The molecule has 0 aliphatic heterocycles. The fourth-order valence-electron chi connectivity index (χ4n) is 9.89. The number of phosphoric ester groups is 1. The van der Waals surface area contributed by atoms with Crippen LogP contribution in [0.15, 0.2) is 24.3 Å². The van der Waals surface area contributed by atoms with Gasteiger partial charge in [-0.05, 0) is 32.1 Å². The van der Waals surface area contributed by atoms with E-state index in [2.05, 4.69) is 31.3 Å². The molecule has 8 nitrogen and oxygen atoms in total. The van der Waals surface area contributed by atoms with E-state index in [0.29, 0.717) is 17.4 Å². The molecule has 0 aliphatic carbocycles. The van der Waals surface area contributed by atoms with Crippen LogP contribution in [0.25, 0.3) is 0 Å². The number of carbonyl (C=O) groups is 1. The molecule has 3 unspecified atom stereocenters. The fourth-order valence-corrected chi connectivity index (χ4v) is 10.6. The van der Waals surface area contributed by atoms with Crippen molar-refractivity contribution in [3.63, 3.8) is 0 Å². The molecule has 73 heavy (non-hydrogen) atoms. The van der Waals surface area contributed by atoms with Gasteiger partial charge in [0.1, 0.15) is 13.2 Å². The Morgan fingerprint density at radius 1 is 0.452 bits per heavy atom. The van der Waals surface area contributed by atoms with Gasteiger partial charge in [0.15, 0.2) is 0 Å². The average molecular weight is 1050 g/mol. The molecular formula is C64H128N2O6P+. The second-order valence-corrected chi connectivity index (χ2v) is 24.9. The number of unbranched alkanes of at least 4 members (excludes halogenated alkanes) is 45. The van der Waals surface area contributed by atoms with E-state index in [-0.39, 0.29) is 19.1 Å². The first-order valence-electron chi connectivity index (χ1n) is 32.2. The van der Waals surface area contributed by atoms with Crippen molar-refractivity contribution in [3.8, 4) is 0 Å².